The third-order valence-electron chi connectivity index (χ3n) is 5.31. The van der Waals surface area contributed by atoms with Crippen LogP contribution in [0.25, 0.3) is 22.5 Å². The van der Waals surface area contributed by atoms with Crippen LogP contribution in [0.5, 0.6) is 5.88 Å². The molecular formula is C23H21N5O3. The zero-order valence-corrected chi connectivity index (χ0v) is 16.8. The molecule has 0 saturated carbocycles. The van der Waals surface area contributed by atoms with Gasteiger partial charge in [-0.3, -0.25) is 4.79 Å². The third-order valence-corrected chi connectivity index (χ3v) is 5.31. The highest BCUT2D eigenvalue weighted by Crippen LogP contribution is 2.34. The van der Waals surface area contributed by atoms with Crippen LogP contribution in [0.4, 0.5) is 5.82 Å². The van der Waals surface area contributed by atoms with Gasteiger partial charge < -0.3 is 20.3 Å². The molecule has 156 valence electrons. The average molecular weight is 415 g/mol. The van der Waals surface area contributed by atoms with E-state index in [1.165, 1.54) is 0 Å². The van der Waals surface area contributed by atoms with Crippen molar-refractivity contribution in [3.05, 3.63) is 65.2 Å². The molecule has 0 unspecified atom stereocenters. The van der Waals surface area contributed by atoms with Crippen molar-refractivity contribution >= 4 is 22.7 Å². The van der Waals surface area contributed by atoms with E-state index in [1.54, 1.807) is 18.2 Å². The molecule has 4 aromatic rings. The van der Waals surface area contributed by atoms with Crippen LogP contribution in [0.15, 0.2) is 53.1 Å². The Bertz CT molecular complexity index is 1250. The molecule has 0 bridgehead atoms. The minimum absolute atomic E-state index is 0.268. The molecule has 0 radical (unpaired) electrons. The number of hydrogen-bond donors (Lipinski definition) is 2. The molecule has 0 atom stereocenters. The number of carbonyl (C=O) groups excluding carboxylic acids is 1. The monoisotopic (exact) mass is 415 g/mol. The van der Waals surface area contributed by atoms with Crippen molar-refractivity contribution in [3.8, 4) is 17.4 Å². The van der Waals surface area contributed by atoms with Crippen LogP contribution in [0.2, 0.25) is 0 Å². The molecule has 31 heavy (non-hydrogen) atoms. The zero-order chi connectivity index (χ0) is 21.2. The summed E-state index contributed by atoms with van der Waals surface area (Å²) in [5.74, 6) is 1.06. The molecule has 0 saturated heterocycles. The third kappa shape index (κ3) is 3.68. The van der Waals surface area contributed by atoms with Crippen LogP contribution in [0, 0.1) is 0 Å². The quantitative estimate of drug-likeness (QED) is 0.510. The first-order chi connectivity index (χ1) is 15.2. The molecule has 1 amide bonds. The predicted octanol–water partition coefficient (Wildman–Crippen LogP) is 3.71. The maximum atomic E-state index is 11.7. The van der Waals surface area contributed by atoms with Gasteiger partial charge in [-0.2, -0.15) is 4.98 Å². The summed E-state index contributed by atoms with van der Waals surface area (Å²) in [4.78, 5) is 21.2. The highest BCUT2D eigenvalue weighted by atomic mass is 16.5. The molecule has 8 heteroatoms. The van der Waals surface area contributed by atoms with Gasteiger partial charge in [-0.25, -0.2) is 4.98 Å². The number of nitrogens with two attached hydrogens (primary N) is 1. The van der Waals surface area contributed by atoms with Crippen molar-refractivity contribution in [2.24, 2.45) is 5.73 Å². The lowest BCUT2D eigenvalue weighted by Gasteiger charge is -2.14. The number of rotatable bonds is 5. The number of fused-ring (bicyclic) bond motifs is 2. The minimum atomic E-state index is -0.579. The largest absolute Gasteiger partial charge is 0.477 e. The van der Waals surface area contributed by atoms with Crippen LogP contribution in [0.1, 0.15) is 34.3 Å². The number of aromatic nitrogens is 3. The molecule has 3 heterocycles. The topological polar surface area (TPSA) is 116 Å². The number of nitrogens with zero attached hydrogens (tertiary/aromatic N) is 3. The number of primary amides is 1. The summed E-state index contributed by atoms with van der Waals surface area (Å²) < 4.78 is 11.4. The van der Waals surface area contributed by atoms with Crippen LogP contribution in [-0.2, 0) is 13.0 Å². The molecular weight excluding hydrogens is 394 g/mol. The van der Waals surface area contributed by atoms with Crippen molar-refractivity contribution in [2.45, 2.75) is 25.8 Å². The average Bonchev–Trinajstić information content (AvgIpc) is 3.08. The molecule has 2 aromatic carbocycles. The Hall–Kier alpha value is -3.94. The number of amides is 1. The molecule has 0 fully saturated rings. The Morgan fingerprint density at radius 3 is 2.77 bits per heavy atom. The molecule has 3 N–H and O–H groups in total. The standard InChI is InChI=1S/C23H21N5O3/c24-20(29)16-11-6-10-15-18(28-31-19(15)16)22-26-21(25-13-14-7-2-1-3-8-14)17-9-4-5-12-30-23(17)27-22/h1-3,6-8,10-11H,4-5,9,12-13H2,(H2,24,29)(H,25,26,27). The Morgan fingerprint density at radius 2 is 1.94 bits per heavy atom. The summed E-state index contributed by atoms with van der Waals surface area (Å²) in [6.07, 6.45) is 2.79. The van der Waals surface area contributed by atoms with Gasteiger partial charge >= 0.3 is 0 Å². The lowest BCUT2D eigenvalue weighted by molar-refractivity contribution is 0.100. The summed E-state index contributed by atoms with van der Waals surface area (Å²) in [6, 6.07) is 15.3. The summed E-state index contributed by atoms with van der Waals surface area (Å²) in [6.45, 7) is 1.22. The van der Waals surface area contributed by atoms with Gasteiger partial charge in [-0.15, -0.1) is 0 Å². The number of hydrogen-bond acceptors (Lipinski definition) is 7. The maximum Gasteiger partial charge on any atom is 0.252 e. The second kappa shape index (κ2) is 8.06. The molecule has 0 spiro atoms. The fourth-order valence-electron chi connectivity index (χ4n) is 3.73. The summed E-state index contributed by atoms with van der Waals surface area (Å²) in [5.41, 5.74) is 8.60. The van der Waals surface area contributed by atoms with E-state index in [4.69, 9.17) is 20.0 Å². The summed E-state index contributed by atoms with van der Waals surface area (Å²) in [7, 11) is 0. The SMILES string of the molecule is NC(=O)c1cccc2c(-c3nc(NCc4ccccc4)c4c(n3)OCCCC4)noc12. The summed E-state index contributed by atoms with van der Waals surface area (Å²) in [5, 5.41) is 8.21. The smallest absolute Gasteiger partial charge is 0.252 e. The van der Waals surface area contributed by atoms with E-state index in [9.17, 15) is 4.79 Å². The Labute approximate surface area is 178 Å². The fourth-order valence-corrected chi connectivity index (χ4v) is 3.73. The molecule has 5 rings (SSSR count). The zero-order valence-electron chi connectivity index (χ0n) is 16.8. The predicted molar refractivity (Wildman–Crippen MR) is 116 cm³/mol. The van der Waals surface area contributed by atoms with Gasteiger partial charge in [-0.1, -0.05) is 41.6 Å². The Kier molecular flexibility index (Phi) is 4.95. The molecule has 1 aliphatic rings. The highest BCUT2D eigenvalue weighted by molar-refractivity contribution is 6.06. The lowest BCUT2D eigenvalue weighted by atomic mass is 10.1. The molecule has 0 aliphatic carbocycles. The first-order valence-electron chi connectivity index (χ1n) is 10.2. The van der Waals surface area contributed by atoms with Gasteiger partial charge in [0.05, 0.1) is 23.1 Å². The van der Waals surface area contributed by atoms with E-state index in [-0.39, 0.29) is 5.56 Å². The van der Waals surface area contributed by atoms with E-state index >= 15 is 0 Å². The van der Waals surface area contributed by atoms with E-state index in [0.717, 1.165) is 30.4 Å². The van der Waals surface area contributed by atoms with Gasteiger partial charge in [0.25, 0.3) is 5.91 Å². The van der Waals surface area contributed by atoms with Gasteiger partial charge in [0.15, 0.2) is 17.1 Å². The van der Waals surface area contributed by atoms with Gasteiger partial charge in [0.1, 0.15) is 5.82 Å². The van der Waals surface area contributed by atoms with Gasteiger partial charge in [-0.05, 0) is 37.0 Å². The minimum Gasteiger partial charge on any atom is -0.477 e. The number of carbonyl (C=O) groups is 1. The van der Waals surface area contributed by atoms with E-state index in [1.807, 2.05) is 18.2 Å². The summed E-state index contributed by atoms with van der Waals surface area (Å²) >= 11 is 0. The molecule has 8 nitrogen and oxygen atoms in total. The van der Waals surface area contributed by atoms with Crippen molar-refractivity contribution in [3.63, 3.8) is 0 Å². The fraction of sp³-hybridized carbons (Fsp3) is 0.217. The van der Waals surface area contributed by atoms with Crippen molar-refractivity contribution in [2.75, 3.05) is 11.9 Å². The lowest BCUT2D eigenvalue weighted by Crippen LogP contribution is -2.10. The molecule has 2 aromatic heterocycles. The number of nitrogens with one attached hydrogen (secondary N) is 1. The Balaban J connectivity index is 1.59. The number of para-hydroxylation sites is 1. The van der Waals surface area contributed by atoms with Crippen LogP contribution in [0.3, 0.4) is 0 Å². The number of anilines is 1. The van der Waals surface area contributed by atoms with E-state index < -0.39 is 5.91 Å². The number of ether oxygens (including phenoxy) is 1. The molecule has 1 aliphatic heterocycles. The van der Waals surface area contributed by atoms with Gasteiger partial charge in [0.2, 0.25) is 5.88 Å². The Morgan fingerprint density at radius 1 is 1.06 bits per heavy atom. The van der Waals surface area contributed by atoms with Crippen LogP contribution >= 0.6 is 0 Å². The number of benzene rings is 2. The first kappa shape index (κ1) is 19.0. The van der Waals surface area contributed by atoms with Crippen molar-refractivity contribution in [1.82, 2.24) is 15.1 Å². The second-order valence-corrected chi connectivity index (χ2v) is 7.40. The van der Waals surface area contributed by atoms with Crippen molar-refractivity contribution < 1.29 is 14.1 Å². The van der Waals surface area contributed by atoms with Gasteiger partial charge in [0, 0.05) is 6.54 Å². The van der Waals surface area contributed by atoms with E-state index in [0.29, 0.717) is 47.3 Å². The van der Waals surface area contributed by atoms with Crippen molar-refractivity contribution in [1.29, 1.82) is 0 Å². The van der Waals surface area contributed by atoms with Crippen LogP contribution < -0.4 is 15.8 Å². The first-order valence-corrected chi connectivity index (χ1v) is 10.2. The van der Waals surface area contributed by atoms with Crippen LogP contribution in [-0.4, -0.2) is 27.6 Å². The second-order valence-electron chi connectivity index (χ2n) is 7.40. The van der Waals surface area contributed by atoms with E-state index in [2.05, 4.69) is 27.6 Å². The normalized spacial score (nSPS) is 13.3. The highest BCUT2D eigenvalue weighted by Gasteiger charge is 2.23. The maximum absolute atomic E-state index is 11.7.